The number of carbonyl (C=O) groups is 1. The first kappa shape index (κ1) is 12.8. The number of β-amino-alcohol motifs (C(OH)–C–C–N with tert-alkyl or cyclic N) is 1. The van der Waals surface area contributed by atoms with E-state index < -0.39 is 0 Å². The number of nitrogens with one attached hydrogen (secondary N) is 1. The molecule has 2 fully saturated rings. The van der Waals surface area contributed by atoms with Gasteiger partial charge in [0.1, 0.15) is 6.04 Å². The summed E-state index contributed by atoms with van der Waals surface area (Å²) in [7, 11) is 0. The first-order chi connectivity index (χ1) is 8.31. The molecule has 6 nitrogen and oxygen atoms in total. The zero-order valence-electron chi connectivity index (χ0n) is 10.1. The first-order valence-electron chi connectivity index (χ1n) is 6.24. The molecular weight excluding hydrogens is 222 g/mol. The Labute approximate surface area is 102 Å². The summed E-state index contributed by atoms with van der Waals surface area (Å²) in [4.78, 5) is 16.2. The van der Waals surface area contributed by atoms with Crippen LogP contribution in [0, 0.1) is 0 Å². The van der Waals surface area contributed by atoms with Gasteiger partial charge in [0, 0.05) is 39.3 Å². The van der Waals surface area contributed by atoms with Gasteiger partial charge in [-0.1, -0.05) is 0 Å². The summed E-state index contributed by atoms with van der Waals surface area (Å²) in [5.74, 6) is 0.147. The van der Waals surface area contributed by atoms with Crippen molar-refractivity contribution in [3.63, 3.8) is 0 Å². The van der Waals surface area contributed by atoms with Crippen LogP contribution in [0.5, 0.6) is 0 Å². The minimum absolute atomic E-state index is 0.147. The highest BCUT2D eigenvalue weighted by molar-refractivity contribution is 5.82. The van der Waals surface area contributed by atoms with E-state index >= 15 is 0 Å². The van der Waals surface area contributed by atoms with E-state index in [4.69, 9.17) is 9.84 Å². The van der Waals surface area contributed by atoms with E-state index in [1.54, 1.807) is 0 Å². The number of nitrogens with zero attached hydrogens (tertiary/aromatic N) is 2. The molecule has 0 aliphatic carbocycles. The fraction of sp³-hybridized carbons (Fsp3) is 0.909. The van der Waals surface area contributed by atoms with E-state index in [-0.39, 0.29) is 18.6 Å². The molecule has 0 spiro atoms. The Morgan fingerprint density at radius 1 is 1.35 bits per heavy atom. The van der Waals surface area contributed by atoms with Crippen molar-refractivity contribution in [2.24, 2.45) is 0 Å². The minimum atomic E-state index is -0.173. The van der Waals surface area contributed by atoms with Crippen molar-refractivity contribution in [1.29, 1.82) is 0 Å². The summed E-state index contributed by atoms with van der Waals surface area (Å²) in [6.45, 7) is 6.00. The molecule has 17 heavy (non-hydrogen) atoms. The van der Waals surface area contributed by atoms with Gasteiger partial charge in [-0.15, -0.1) is 0 Å². The van der Waals surface area contributed by atoms with Crippen molar-refractivity contribution in [2.45, 2.75) is 6.04 Å². The summed E-state index contributed by atoms with van der Waals surface area (Å²) in [5, 5.41) is 12.0. The van der Waals surface area contributed by atoms with Gasteiger partial charge in [0.2, 0.25) is 5.91 Å². The molecule has 0 saturated carbocycles. The van der Waals surface area contributed by atoms with Crippen LogP contribution in [0.4, 0.5) is 0 Å². The van der Waals surface area contributed by atoms with E-state index in [1.165, 1.54) is 0 Å². The minimum Gasteiger partial charge on any atom is -0.395 e. The number of aliphatic hydroxyl groups excluding tert-OH is 1. The molecule has 0 radical (unpaired) electrons. The molecule has 1 amide bonds. The molecule has 1 atom stereocenters. The van der Waals surface area contributed by atoms with E-state index in [0.717, 1.165) is 32.7 Å². The largest absolute Gasteiger partial charge is 0.395 e. The lowest BCUT2D eigenvalue weighted by molar-refractivity contribution is -0.138. The normalized spacial score (nSPS) is 27.1. The molecule has 2 saturated heterocycles. The maximum atomic E-state index is 12.1. The second-order valence-electron chi connectivity index (χ2n) is 4.47. The highest BCUT2D eigenvalue weighted by Crippen LogP contribution is 2.05. The SMILES string of the molecule is O=C(C1COCCN1)N1CCN(CCO)CC1. The van der Waals surface area contributed by atoms with Gasteiger partial charge in [-0.3, -0.25) is 9.69 Å². The van der Waals surface area contributed by atoms with Crippen LogP contribution in [-0.4, -0.2) is 85.9 Å². The van der Waals surface area contributed by atoms with Crippen LogP contribution >= 0.6 is 0 Å². The Morgan fingerprint density at radius 3 is 2.71 bits per heavy atom. The number of ether oxygens (including phenoxy) is 1. The van der Waals surface area contributed by atoms with E-state index in [9.17, 15) is 4.79 Å². The smallest absolute Gasteiger partial charge is 0.242 e. The van der Waals surface area contributed by atoms with Gasteiger partial charge < -0.3 is 20.1 Å². The number of rotatable bonds is 3. The second kappa shape index (κ2) is 6.30. The Hall–Kier alpha value is -0.690. The molecule has 0 aromatic carbocycles. The van der Waals surface area contributed by atoms with E-state index in [1.807, 2.05) is 4.90 Å². The lowest BCUT2D eigenvalue weighted by Crippen LogP contribution is -2.57. The van der Waals surface area contributed by atoms with Crippen molar-refractivity contribution < 1.29 is 14.6 Å². The number of hydrogen-bond acceptors (Lipinski definition) is 5. The third-order valence-corrected chi connectivity index (χ3v) is 3.32. The molecule has 98 valence electrons. The van der Waals surface area contributed by atoms with Crippen molar-refractivity contribution in [3.05, 3.63) is 0 Å². The standard InChI is InChI=1S/C11H21N3O3/c15-7-6-13-2-4-14(5-3-13)11(16)10-9-17-8-1-12-10/h10,12,15H,1-9H2. The molecule has 2 aliphatic rings. The van der Waals surface area contributed by atoms with Crippen molar-refractivity contribution >= 4 is 5.91 Å². The predicted octanol–water partition coefficient (Wildman–Crippen LogP) is -1.89. The van der Waals surface area contributed by atoms with Crippen LogP contribution in [0.1, 0.15) is 0 Å². The van der Waals surface area contributed by atoms with Gasteiger partial charge in [0.15, 0.2) is 0 Å². The molecule has 2 rings (SSSR count). The number of morpholine rings is 1. The quantitative estimate of drug-likeness (QED) is 0.607. The van der Waals surface area contributed by atoms with Gasteiger partial charge in [-0.2, -0.15) is 0 Å². The third-order valence-electron chi connectivity index (χ3n) is 3.32. The molecule has 0 bridgehead atoms. The third kappa shape index (κ3) is 3.38. The van der Waals surface area contributed by atoms with Crippen molar-refractivity contribution in [3.8, 4) is 0 Å². The van der Waals surface area contributed by atoms with E-state index in [0.29, 0.717) is 19.8 Å². The molecule has 2 aliphatic heterocycles. The van der Waals surface area contributed by atoms with Gasteiger partial charge in [0.25, 0.3) is 0 Å². The summed E-state index contributed by atoms with van der Waals surface area (Å²) >= 11 is 0. The number of hydrogen-bond donors (Lipinski definition) is 2. The average molecular weight is 243 g/mol. The summed E-state index contributed by atoms with van der Waals surface area (Å²) in [5.41, 5.74) is 0. The van der Waals surface area contributed by atoms with Gasteiger partial charge in [0.05, 0.1) is 19.8 Å². The van der Waals surface area contributed by atoms with Crippen LogP contribution in [0.15, 0.2) is 0 Å². The van der Waals surface area contributed by atoms with Crippen LogP contribution in [-0.2, 0) is 9.53 Å². The fourth-order valence-corrected chi connectivity index (χ4v) is 2.28. The zero-order chi connectivity index (χ0) is 12.1. The molecule has 1 unspecified atom stereocenters. The second-order valence-corrected chi connectivity index (χ2v) is 4.47. The average Bonchev–Trinajstić information content (AvgIpc) is 2.40. The number of amides is 1. The first-order valence-corrected chi connectivity index (χ1v) is 6.24. The van der Waals surface area contributed by atoms with Gasteiger partial charge in [-0.05, 0) is 0 Å². The Bertz CT molecular complexity index is 248. The molecule has 2 heterocycles. The van der Waals surface area contributed by atoms with Gasteiger partial charge in [-0.25, -0.2) is 0 Å². The summed E-state index contributed by atoms with van der Waals surface area (Å²) in [6.07, 6.45) is 0. The van der Waals surface area contributed by atoms with Crippen LogP contribution in [0.2, 0.25) is 0 Å². The van der Waals surface area contributed by atoms with Crippen molar-refractivity contribution in [2.75, 3.05) is 59.1 Å². The van der Waals surface area contributed by atoms with Crippen LogP contribution in [0.25, 0.3) is 0 Å². The Balaban J connectivity index is 1.77. The summed E-state index contributed by atoms with van der Waals surface area (Å²) in [6, 6.07) is -0.173. The molecule has 6 heteroatoms. The number of piperazine rings is 1. The summed E-state index contributed by atoms with van der Waals surface area (Å²) < 4.78 is 5.30. The Kier molecular flexibility index (Phi) is 4.73. The Morgan fingerprint density at radius 2 is 2.12 bits per heavy atom. The fourth-order valence-electron chi connectivity index (χ4n) is 2.28. The topological polar surface area (TPSA) is 65.0 Å². The predicted molar refractivity (Wildman–Crippen MR) is 62.7 cm³/mol. The number of carbonyl (C=O) groups excluding carboxylic acids is 1. The van der Waals surface area contributed by atoms with Crippen LogP contribution < -0.4 is 5.32 Å². The molecule has 2 N–H and O–H groups in total. The highest BCUT2D eigenvalue weighted by atomic mass is 16.5. The lowest BCUT2D eigenvalue weighted by Gasteiger charge is -2.37. The molecular formula is C11H21N3O3. The van der Waals surface area contributed by atoms with Gasteiger partial charge >= 0.3 is 0 Å². The maximum Gasteiger partial charge on any atom is 0.242 e. The van der Waals surface area contributed by atoms with Crippen LogP contribution in [0.3, 0.4) is 0 Å². The molecule has 0 aromatic rings. The zero-order valence-corrected chi connectivity index (χ0v) is 10.1. The number of aliphatic hydroxyl groups is 1. The lowest BCUT2D eigenvalue weighted by atomic mass is 10.2. The van der Waals surface area contributed by atoms with E-state index in [2.05, 4.69) is 10.2 Å². The monoisotopic (exact) mass is 243 g/mol. The van der Waals surface area contributed by atoms with Crippen molar-refractivity contribution in [1.82, 2.24) is 15.1 Å². The maximum absolute atomic E-state index is 12.1. The highest BCUT2D eigenvalue weighted by Gasteiger charge is 2.28. The molecule has 0 aromatic heterocycles.